The fraction of sp³-hybridized carbons (Fsp3) is 0.654. The van der Waals surface area contributed by atoms with Crippen LogP contribution in [0, 0.1) is 5.92 Å². The summed E-state index contributed by atoms with van der Waals surface area (Å²) in [6.45, 7) is 20.0. The molecule has 6 nitrogen and oxygen atoms in total. The lowest BCUT2D eigenvalue weighted by Gasteiger charge is -2.40. The molecule has 1 aromatic carbocycles. The first kappa shape index (κ1) is 24.1. The number of nitrogens with zero attached hydrogens (tertiary/aromatic N) is 1. The second-order valence-corrected chi connectivity index (χ2v) is 12.0. The molecule has 4 rings (SSSR count). The fourth-order valence-electron chi connectivity index (χ4n) is 4.68. The zero-order chi connectivity index (χ0) is 24.3. The third-order valence-corrected chi connectivity index (χ3v) is 7.13. The smallest absolute Gasteiger partial charge is 0.444 e. The van der Waals surface area contributed by atoms with Gasteiger partial charge in [-0.1, -0.05) is 19.9 Å². The molecule has 180 valence electrons. The molecule has 1 aromatic heterocycles. The summed E-state index contributed by atoms with van der Waals surface area (Å²) in [5, 5.41) is 1.23. The molecular weight excluding hydrogens is 415 g/mol. The molecule has 1 amide bonds. The van der Waals surface area contributed by atoms with E-state index < -0.39 is 12.7 Å². The molecule has 0 saturated carbocycles. The first-order valence-electron chi connectivity index (χ1n) is 12.1. The van der Waals surface area contributed by atoms with Crippen LogP contribution in [0.3, 0.4) is 0 Å². The summed E-state index contributed by atoms with van der Waals surface area (Å²) in [5.74, 6) is 0.786. The Morgan fingerprint density at radius 1 is 1.18 bits per heavy atom. The van der Waals surface area contributed by atoms with Crippen LogP contribution in [0.15, 0.2) is 18.2 Å². The minimum atomic E-state index is -0.455. The van der Waals surface area contributed by atoms with Gasteiger partial charge >= 0.3 is 13.2 Å². The van der Waals surface area contributed by atoms with Crippen LogP contribution >= 0.6 is 0 Å². The summed E-state index contributed by atoms with van der Waals surface area (Å²) < 4.78 is 18.2. The van der Waals surface area contributed by atoms with Gasteiger partial charge in [0.15, 0.2) is 0 Å². The summed E-state index contributed by atoms with van der Waals surface area (Å²) >= 11 is 0. The van der Waals surface area contributed by atoms with Crippen LogP contribution in [-0.2, 0) is 20.5 Å². The number of ether oxygens (including phenoxy) is 1. The van der Waals surface area contributed by atoms with Gasteiger partial charge in [-0.05, 0) is 90.0 Å². The number of fused-ring (bicyclic) bond motifs is 1. The van der Waals surface area contributed by atoms with Crippen molar-refractivity contribution in [3.05, 3.63) is 29.3 Å². The Labute approximate surface area is 198 Å². The number of aromatic amines is 1. The average Bonchev–Trinajstić information content (AvgIpc) is 3.10. The molecule has 0 aliphatic carbocycles. The number of nitrogens with one attached hydrogen (secondary N) is 1. The van der Waals surface area contributed by atoms with Crippen LogP contribution in [-0.4, -0.2) is 53.0 Å². The maximum Gasteiger partial charge on any atom is 0.512 e. The topological polar surface area (TPSA) is 63.8 Å². The van der Waals surface area contributed by atoms with E-state index in [4.69, 9.17) is 14.0 Å². The summed E-state index contributed by atoms with van der Waals surface area (Å²) in [7, 11) is -0.405. The number of likely N-dealkylation sites (tertiary alicyclic amines) is 1. The third-order valence-electron chi connectivity index (χ3n) is 7.13. The molecule has 2 aromatic rings. The van der Waals surface area contributed by atoms with E-state index in [9.17, 15) is 4.79 Å². The molecule has 2 saturated heterocycles. The minimum absolute atomic E-state index is 0.214. The zero-order valence-corrected chi connectivity index (χ0v) is 21.7. The summed E-state index contributed by atoms with van der Waals surface area (Å²) in [5.41, 5.74) is 3.47. The van der Waals surface area contributed by atoms with Crippen LogP contribution in [0.1, 0.15) is 79.4 Å². The first-order chi connectivity index (χ1) is 15.2. The quantitative estimate of drug-likeness (QED) is 0.661. The molecule has 0 atom stereocenters. The van der Waals surface area contributed by atoms with E-state index in [1.165, 1.54) is 16.5 Å². The van der Waals surface area contributed by atoms with Crippen molar-refractivity contribution in [1.82, 2.24) is 9.88 Å². The standard InChI is InChI=1S/C26H39BN2O4/c1-16(2)21-19-13-17(12-18-14-29(15-18)23(30)31-24(3,4)5)10-11-20(19)28-22(21)27-32-25(6,7)26(8,9)33-27/h10-11,13,16,18,28H,12,14-15H2,1-9H3. The second-order valence-electron chi connectivity index (χ2n) is 12.0. The molecule has 7 heteroatoms. The maximum absolute atomic E-state index is 12.2. The lowest BCUT2D eigenvalue weighted by atomic mass is 9.78. The van der Waals surface area contributed by atoms with Crippen LogP contribution < -0.4 is 5.59 Å². The SMILES string of the molecule is CC(C)c1c(B2OC(C)(C)C(C)(C)O2)[nH]c2ccc(CC3CN(C(=O)OC(C)(C)C)C3)cc12. The highest BCUT2D eigenvalue weighted by Gasteiger charge is 2.53. The van der Waals surface area contributed by atoms with Gasteiger partial charge in [0.1, 0.15) is 5.60 Å². The van der Waals surface area contributed by atoms with Gasteiger partial charge in [0.2, 0.25) is 0 Å². The van der Waals surface area contributed by atoms with E-state index in [1.54, 1.807) is 4.90 Å². The number of hydrogen-bond donors (Lipinski definition) is 1. The minimum Gasteiger partial charge on any atom is -0.444 e. The Morgan fingerprint density at radius 3 is 2.33 bits per heavy atom. The van der Waals surface area contributed by atoms with Crippen molar-refractivity contribution in [3.8, 4) is 0 Å². The Hall–Kier alpha value is -1.99. The van der Waals surface area contributed by atoms with Crippen molar-refractivity contribution < 1.29 is 18.8 Å². The predicted octanol–water partition coefficient (Wildman–Crippen LogP) is 5.00. The van der Waals surface area contributed by atoms with Crippen molar-refractivity contribution in [3.63, 3.8) is 0 Å². The molecule has 0 bridgehead atoms. The Kier molecular flexibility index (Phi) is 5.89. The third kappa shape index (κ3) is 4.67. The van der Waals surface area contributed by atoms with Gasteiger partial charge in [-0.2, -0.15) is 0 Å². The van der Waals surface area contributed by atoms with Gasteiger partial charge in [0, 0.05) is 29.6 Å². The van der Waals surface area contributed by atoms with Crippen LogP contribution in [0.5, 0.6) is 0 Å². The highest BCUT2D eigenvalue weighted by Crippen LogP contribution is 2.38. The molecule has 1 N–H and O–H groups in total. The molecular formula is C26H39BN2O4. The van der Waals surface area contributed by atoms with Crippen molar-refractivity contribution in [2.75, 3.05) is 13.1 Å². The zero-order valence-electron chi connectivity index (χ0n) is 21.7. The molecule has 0 radical (unpaired) electrons. The van der Waals surface area contributed by atoms with Gasteiger partial charge in [0.25, 0.3) is 0 Å². The van der Waals surface area contributed by atoms with Crippen molar-refractivity contribution >= 4 is 29.7 Å². The Balaban J connectivity index is 1.52. The fourth-order valence-corrected chi connectivity index (χ4v) is 4.68. The molecule has 3 heterocycles. The van der Waals surface area contributed by atoms with Crippen LogP contribution in [0.4, 0.5) is 4.79 Å². The van der Waals surface area contributed by atoms with Crippen molar-refractivity contribution in [2.24, 2.45) is 5.92 Å². The Bertz CT molecular complexity index is 1030. The highest BCUT2D eigenvalue weighted by molar-refractivity contribution is 6.62. The van der Waals surface area contributed by atoms with E-state index in [-0.39, 0.29) is 17.3 Å². The normalized spacial score (nSPS) is 20.5. The Morgan fingerprint density at radius 2 is 1.79 bits per heavy atom. The van der Waals surface area contributed by atoms with E-state index >= 15 is 0 Å². The first-order valence-corrected chi connectivity index (χ1v) is 12.1. The number of amides is 1. The predicted molar refractivity (Wildman–Crippen MR) is 133 cm³/mol. The summed E-state index contributed by atoms with van der Waals surface area (Å²) in [4.78, 5) is 17.6. The van der Waals surface area contributed by atoms with Gasteiger partial charge in [0.05, 0.1) is 11.2 Å². The molecule has 33 heavy (non-hydrogen) atoms. The summed E-state index contributed by atoms with van der Waals surface area (Å²) in [6.07, 6.45) is 0.734. The number of rotatable bonds is 4. The van der Waals surface area contributed by atoms with Crippen molar-refractivity contribution in [1.29, 1.82) is 0 Å². The van der Waals surface area contributed by atoms with Gasteiger partial charge in [-0.15, -0.1) is 0 Å². The maximum atomic E-state index is 12.2. The van der Waals surface area contributed by atoms with Gasteiger partial charge in [-0.3, -0.25) is 0 Å². The van der Waals surface area contributed by atoms with Crippen LogP contribution in [0.25, 0.3) is 10.9 Å². The van der Waals surface area contributed by atoms with E-state index in [1.807, 2.05) is 20.8 Å². The second kappa shape index (κ2) is 8.05. The number of aromatic nitrogens is 1. The number of hydrogen-bond acceptors (Lipinski definition) is 4. The average molecular weight is 454 g/mol. The monoisotopic (exact) mass is 454 g/mol. The number of carbonyl (C=O) groups excluding carboxylic acids is 1. The molecule has 2 aliphatic rings. The van der Waals surface area contributed by atoms with Crippen LogP contribution in [0.2, 0.25) is 0 Å². The van der Waals surface area contributed by atoms with E-state index in [0.29, 0.717) is 11.8 Å². The van der Waals surface area contributed by atoms with E-state index in [0.717, 1.165) is 30.6 Å². The number of H-pyrrole nitrogens is 1. The molecule has 0 spiro atoms. The van der Waals surface area contributed by atoms with Crippen molar-refractivity contribution in [2.45, 2.75) is 91.5 Å². The lowest BCUT2D eigenvalue weighted by molar-refractivity contribution is -0.000879. The molecule has 2 aliphatic heterocycles. The van der Waals surface area contributed by atoms with Gasteiger partial charge < -0.3 is 23.9 Å². The highest BCUT2D eigenvalue weighted by atomic mass is 16.7. The summed E-state index contributed by atoms with van der Waals surface area (Å²) in [6, 6.07) is 6.65. The number of benzene rings is 1. The van der Waals surface area contributed by atoms with Gasteiger partial charge in [-0.25, -0.2) is 4.79 Å². The number of carbonyl (C=O) groups is 1. The molecule has 0 unspecified atom stereocenters. The lowest BCUT2D eigenvalue weighted by Crippen LogP contribution is -2.52. The molecule has 2 fully saturated rings. The van der Waals surface area contributed by atoms with E-state index in [2.05, 4.69) is 64.7 Å². The largest absolute Gasteiger partial charge is 0.512 e.